The first-order valence-electron chi connectivity index (χ1n) is 24.3. The molecule has 4 aromatic heterocycles. The molecule has 2 fully saturated rings. The zero-order valence-corrected chi connectivity index (χ0v) is 48.9. The van der Waals surface area contributed by atoms with E-state index < -0.39 is 0 Å². The summed E-state index contributed by atoms with van der Waals surface area (Å²) in [5.41, 5.74) is 1.65. The highest BCUT2D eigenvalue weighted by Crippen LogP contribution is 2.47. The highest BCUT2D eigenvalue weighted by atomic mass is 127. The Bertz CT molecular complexity index is 3000. The molecule has 2 N–H and O–H groups in total. The predicted molar refractivity (Wildman–Crippen MR) is 315 cm³/mol. The monoisotopic (exact) mass is 1250 g/mol. The molecule has 2 aromatic carbocycles. The van der Waals surface area contributed by atoms with Crippen molar-refractivity contribution in [3.8, 4) is 45.3 Å². The van der Waals surface area contributed by atoms with Crippen LogP contribution in [-0.4, -0.2) is 168 Å². The zero-order chi connectivity index (χ0) is 54.8. The molecule has 8 rings (SSSR count). The van der Waals surface area contributed by atoms with Gasteiger partial charge in [-0.05, 0) is 50.2 Å². The van der Waals surface area contributed by atoms with Gasteiger partial charge in [0.2, 0.25) is 23.7 Å². The Hall–Kier alpha value is -5.95. The summed E-state index contributed by atoms with van der Waals surface area (Å²) in [5.74, 6) is 2.06. The molecule has 2 saturated heterocycles. The maximum absolute atomic E-state index is 13.9. The second kappa shape index (κ2) is 27.6. The fourth-order valence-electron chi connectivity index (χ4n) is 9.12. The molecule has 20 nitrogen and oxygen atoms in total. The van der Waals surface area contributed by atoms with Gasteiger partial charge in [0, 0.05) is 126 Å². The lowest BCUT2D eigenvalue weighted by Crippen LogP contribution is -2.48. The van der Waals surface area contributed by atoms with Crippen molar-refractivity contribution in [1.82, 2.24) is 48.7 Å². The van der Waals surface area contributed by atoms with Gasteiger partial charge in [-0.25, -0.2) is 9.97 Å². The first-order chi connectivity index (χ1) is 36.6. The molecule has 2 aliphatic rings. The second-order valence-electron chi connectivity index (χ2n) is 17.5. The number of benzene rings is 2. The molecule has 0 radical (unpaired) electrons. The fraction of sp³-hybridized carbons (Fsp3) is 0.385. The Kier molecular flexibility index (Phi) is 21.6. The summed E-state index contributed by atoms with van der Waals surface area (Å²) in [4.78, 5) is 77.5. The number of carbonyl (C=O) groups is 2. The molecule has 412 valence electrons. The number of hydrogen-bond acceptors (Lipinski definition) is 16. The molecular formula is C52H61Cl4IN12O8. The zero-order valence-electron chi connectivity index (χ0n) is 43.6. The van der Waals surface area contributed by atoms with Gasteiger partial charge in [0.05, 0.1) is 59.7 Å². The third-order valence-corrected chi connectivity index (χ3v) is 14.7. The topological polar surface area (TPSA) is 204 Å². The van der Waals surface area contributed by atoms with Crippen LogP contribution in [0.1, 0.15) is 12.8 Å². The third-order valence-electron chi connectivity index (χ3n) is 13.2. The molecule has 2 amide bonds. The molecule has 77 heavy (non-hydrogen) atoms. The van der Waals surface area contributed by atoms with E-state index in [1.807, 2.05) is 0 Å². The van der Waals surface area contributed by atoms with Gasteiger partial charge in [-0.1, -0.05) is 59.6 Å². The van der Waals surface area contributed by atoms with Gasteiger partial charge in [0.15, 0.2) is 0 Å². The summed E-state index contributed by atoms with van der Waals surface area (Å²) in [6, 6.07) is 6.54. The van der Waals surface area contributed by atoms with Crippen molar-refractivity contribution >= 4 is 116 Å². The van der Waals surface area contributed by atoms with Crippen molar-refractivity contribution in [3.63, 3.8) is 0 Å². The van der Waals surface area contributed by atoms with Crippen LogP contribution >= 0.6 is 70.4 Å². The van der Waals surface area contributed by atoms with Crippen molar-refractivity contribution in [1.29, 1.82) is 0 Å². The minimum atomic E-state index is -0.293. The standard InChI is InChI=1S/2C26H30Cl2N6O4.HI/c2*1-5-20(35)33-11-9-32(10-12-33)7-6-8-34-24-16(15-30-26(29-2)31-24)13-17(25(34)36)21-22(27)18(37-3)14-19(38-4)23(21)28;/h2*5,13-15H,1,6-12H2,2-4H3,(H,29,30,31);1H. The summed E-state index contributed by atoms with van der Waals surface area (Å²) < 4.78 is 24.9. The largest absolute Gasteiger partial charge is 0.495 e. The number of ether oxygens (including phenoxy) is 4. The molecule has 0 saturated carbocycles. The molecular weight excluding hydrogens is 1190 g/mol. The van der Waals surface area contributed by atoms with Crippen molar-refractivity contribution in [2.75, 3.05) is 119 Å². The normalized spacial score (nSPS) is 13.8. The predicted octanol–water partition coefficient (Wildman–Crippen LogP) is 7.71. The van der Waals surface area contributed by atoms with Crippen molar-refractivity contribution in [2.24, 2.45) is 0 Å². The van der Waals surface area contributed by atoms with Gasteiger partial charge >= 0.3 is 0 Å². The van der Waals surface area contributed by atoms with Gasteiger partial charge in [0.1, 0.15) is 34.3 Å². The number of amides is 2. The van der Waals surface area contributed by atoms with Gasteiger partial charge < -0.3 is 39.4 Å². The van der Waals surface area contributed by atoms with Crippen LogP contribution in [0.4, 0.5) is 11.9 Å². The summed E-state index contributed by atoms with van der Waals surface area (Å²) in [7, 11) is 9.37. The molecule has 6 heterocycles. The van der Waals surface area contributed by atoms with Gasteiger partial charge in [-0.15, -0.1) is 24.0 Å². The van der Waals surface area contributed by atoms with Crippen LogP contribution in [0.2, 0.25) is 20.1 Å². The summed E-state index contributed by atoms with van der Waals surface area (Å²) in [6.45, 7) is 15.1. The van der Waals surface area contributed by atoms with E-state index >= 15 is 0 Å². The Labute approximate surface area is 482 Å². The molecule has 0 bridgehead atoms. The summed E-state index contributed by atoms with van der Waals surface area (Å²) in [6.07, 6.45) is 7.38. The van der Waals surface area contributed by atoms with Crippen LogP contribution in [0.3, 0.4) is 0 Å². The molecule has 6 aromatic rings. The number of nitrogens with one attached hydrogen (secondary N) is 2. The maximum Gasteiger partial charge on any atom is 0.260 e. The molecule has 2 aliphatic heterocycles. The lowest BCUT2D eigenvalue weighted by Gasteiger charge is -2.34. The third kappa shape index (κ3) is 13.3. The lowest BCUT2D eigenvalue weighted by molar-refractivity contribution is -0.128. The van der Waals surface area contributed by atoms with Crippen LogP contribution in [-0.2, 0) is 22.7 Å². The van der Waals surface area contributed by atoms with E-state index in [0.29, 0.717) is 131 Å². The minimum Gasteiger partial charge on any atom is -0.495 e. The van der Waals surface area contributed by atoms with E-state index in [4.69, 9.17) is 65.4 Å². The number of piperazine rings is 2. The molecule has 0 spiro atoms. The van der Waals surface area contributed by atoms with E-state index in [1.54, 1.807) is 69.7 Å². The van der Waals surface area contributed by atoms with E-state index in [2.05, 4.69) is 53.5 Å². The van der Waals surface area contributed by atoms with Crippen molar-refractivity contribution < 1.29 is 28.5 Å². The molecule has 0 unspecified atom stereocenters. The number of pyridine rings is 2. The number of aryl methyl sites for hydroxylation is 2. The molecule has 25 heteroatoms. The Balaban J connectivity index is 0.000000246. The first-order valence-corrected chi connectivity index (χ1v) is 25.8. The molecule has 0 atom stereocenters. The number of nitrogens with zero attached hydrogens (tertiary/aromatic N) is 10. The van der Waals surface area contributed by atoms with Crippen molar-refractivity contribution in [2.45, 2.75) is 25.9 Å². The number of fused-ring (bicyclic) bond motifs is 2. The van der Waals surface area contributed by atoms with Gasteiger partial charge in [-0.3, -0.25) is 38.1 Å². The highest BCUT2D eigenvalue weighted by molar-refractivity contribution is 14.0. The highest BCUT2D eigenvalue weighted by Gasteiger charge is 2.27. The Morgan fingerprint density at radius 3 is 1.17 bits per heavy atom. The smallest absolute Gasteiger partial charge is 0.260 e. The quantitative estimate of drug-likeness (QED) is 0.0625. The van der Waals surface area contributed by atoms with Crippen LogP contribution < -0.4 is 40.7 Å². The maximum atomic E-state index is 13.9. The van der Waals surface area contributed by atoms with Gasteiger partial charge in [-0.2, -0.15) is 9.97 Å². The van der Waals surface area contributed by atoms with Crippen LogP contribution in [0, 0.1) is 0 Å². The first kappa shape index (κ1) is 60.3. The fourth-order valence-corrected chi connectivity index (χ4v) is 10.5. The number of carbonyl (C=O) groups excluding carboxylic acids is 2. The van der Waals surface area contributed by atoms with Crippen molar-refractivity contribution in [3.05, 3.63) is 103 Å². The Morgan fingerprint density at radius 2 is 0.883 bits per heavy atom. The number of halogens is 5. The summed E-state index contributed by atoms with van der Waals surface area (Å²) in [5, 5.41) is 8.00. The SMILES string of the molecule is C=CC(=O)N1CCN(CCCn2c(=O)c(-c3c(Cl)c(OC)cc(OC)c3Cl)cc3cnc(NC)nc32)CC1.C=CC(=O)N1CCN(CCCn2c(=O)c(-c3c(Cl)c(OC)cc(OC)c3Cl)cc3cnc(NC)nc32)CC1.I. The number of hydrogen-bond donors (Lipinski definition) is 2. The average Bonchev–Trinajstić information content (AvgIpc) is 3.46. The van der Waals surface area contributed by atoms with E-state index in [9.17, 15) is 19.2 Å². The average molecular weight is 1250 g/mol. The lowest BCUT2D eigenvalue weighted by atomic mass is 10.0. The van der Waals surface area contributed by atoms with Crippen LogP contribution in [0.25, 0.3) is 44.3 Å². The van der Waals surface area contributed by atoms with Gasteiger partial charge in [0.25, 0.3) is 11.1 Å². The summed E-state index contributed by atoms with van der Waals surface area (Å²) >= 11 is 26.6. The minimum absolute atomic E-state index is 0. The number of rotatable bonds is 18. The van der Waals surface area contributed by atoms with E-state index in [-0.39, 0.29) is 67.0 Å². The number of anilines is 2. The number of aromatic nitrogens is 6. The van der Waals surface area contributed by atoms with Crippen LogP contribution in [0.5, 0.6) is 23.0 Å². The van der Waals surface area contributed by atoms with E-state index in [0.717, 1.165) is 39.3 Å². The Morgan fingerprint density at radius 1 is 0.558 bits per heavy atom. The second-order valence-corrected chi connectivity index (χ2v) is 19.0. The molecule has 0 aliphatic carbocycles. The van der Waals surface area contributed by atoms with Crippen LogP contribution in [0.15, 0.2) is 71.6 Å². The number of methoxy groups -OCH3 is 4. The van der Waals surface area contributed by atoms with E-state index in [1.165, 1.54) is 40.6 Å².